The van der Waals surface area contributed by atoms with Crippen LogP contribution in [0.4, 0.5) is 5.69 Å². The van der Waals surface area contributed by atoms with Crippen LogP contribution in [0.1, 0.15) is 24.2 Å². The highest BCUT2D eigenvalue weighted by molar-refractivity contribution is 5.89. The molecule has 1 aromatic carbocycles. The number of nitro groups is 1. The number of nitrogens with zero attached hydrogens (tertiary/aromatic N) is 2. The summed E-state index contributed by atoms with van der Waals surface area (Å²) in [5.41, 5.74) is 0.174. The molecule has 0 N–H and O–H groups in total. The summed E-state index contributed by atoms with van der Waals surface area (Å²) < 4.78 is 16.2. The van der Waals surface area contributed by atoms with E-state index in [9.17, 15) is 14.9 Å². The Morgan fingerprint density at radius 2 is 1.76 bits per heavy atom. The Balaban J connectivity index is 2.90. The fraction of sp³-hybridized carbons (Fsp3) is 0.588. The number of carbonyl (C=O) groups excluding carboxylic acids is 1. The van der Waals surface area contributed by atoms with Gasteiger partial charge in [-0.2, -0.15) is 0 Å². The molecule has 0 aromatic heterocycles. The van der Waals surface area contributed by atoms with Crippen LogP contribution < -0.4 is 0 Å². The van der Waals surface area contributed by atoms with E-state index in [1.807, 2.05) is 13.8 Å². The van der Waals surface area contributed by atoms with Crippen LogP contribution in [-0.2, 0) is 14.2 Å². The van der Waals surface area contributed by atoms with E-state index in [2.05, 4.69) is 4.90 Å². The largest absolute Gasteiger partial charge is 0.455 e. The first-order valence-electron chi connectivity index (χ1n) is 8.16. The molecule has 0 fully saturated rings. The van der Waals surface area contributed by atoms with Crippen molar-refractivity contribution in [3.63, 3.8) is 0 Å². The number of rotatable bonds is 11. The molecular formula is C17H26N2O6. The summed E-state index contributed by atoms with van der Waals surface area (Å²) in [6.07, 6.45) is -0.930. The molecule has 0 heterocycles. The highest BCUT2D eigenvalue weighted by atomic mass is 16.6. The maximum Gasteiger partial charge on any atom is 0.338 e. The monoisotopic (exact) mass is 354 g/mol. The molecule has 0 amide bonds. The van der Waals surface area contributed by atoms with E-state index in [1.54, 1.807) is 14.2 Å². The van der Waals surface area contributed by atoms with Crippen molar-refractivity contribution < 1.29 is 23.9 Å². The molecule has 0 aliphatic rings. The van der Waals surface area contributed by atoms with Gasteiger partial charge in [0.25, 0.3) is 5.69 Å². The van der Waals surface area contributed by atoms with E-state index >= 15 is 0 Å². The van der Waals surface area contributed by atoms with Crippen molar-refractivity contribution in [1.82, 2.24) is 4.90 Å². The van der Waals surface area contributed by atoms with Crippen LogP contribution in [0, 0.1) is 10.1 Å². The van der Waals surface area contributed by atoms with Crippen LogP contribution in [0.5, 0.6) is 0 Å². The third kappa shape index (κ3) is 6.41. The van der Waals surface area contributed by atoms with Gasteiger partial charge in [-0.1, -0.05) is 13.8 Å². The summed E-state index contributed by atoms with van der Waals surface area (Å²) in [7, 11) is 3.09. The highest BCUT2D eigenvalue weighted by Crippen LogP contribution is 2.15. The van der Waals surface area contributed by atoms with Crippen molar-refractivity contribution in [2.75, 3.05) is 40.5 Å². The first-order chi connectivity index (χ1) is 12.0. The Kier molecular flexibility index (Phi) is 9.04. The Bertz CT molecular complexity index is 545. The van der Waals surface area contributed by atoms with E-state index in [-0.39, 0.29) is 17.9 Å². The number of benzene rings is 1. The summed E-state index contributed by atoms with van der Waals surface area (Å²) in [4.78, 5) is 24.7. The number of non-ortho nitro benzene ring substituents is 1. The SMILES string of the molecule is CCN(CC)C[C@@H](OC(=O)c1ccc([N+](=O)[O-])cc1)[C@H](COC)OC. The van der Waals surface area contributed by atoms with Crippen molar-refractivity contribution in [1.29, 1.82) is 0 Å². The average molecular weight is 354 g/mol. The van der Waals surface area contributed by atoms with Crippen LogP contribution in [-0.4, -0.2) is 68.5 Å². The second-order valence-corrected chi connectivity index (χ2v) is 5.46. The van der Waals surface area contributed by atoms with E-state index in [1.165, 1.54) is 24.3 Å². The molecule has 0 aliphatic carbocycles. The van der Waals surface area contributed by atoms with Crippen molar-refractivity contribution in [3.8, 4) is 0 Å². The standard InChI is InChI=1S/C17H26N2O6/c1-5-18(6-2)11-15(16(24-4)12-23-3)25-17(20)13-7-9-14(10-8-13)19(21)22/h7-10,15-16H,5-6,11-12H2,1-4H3/t15-,16+/m1/s1. The topological polar surface area (TPSA) is 91.1 Å². The molecule has 2 atom stereocenters. The zero-order valence-corrected chi connectivity index (χ0v) is 15.1. The normalized spacial score (nSPS) is 13.5. The van der Waals surface area contributed by atoms with Crippen LogP contribution in [0.15, 0.2) is 24.3 Å². The van der Waals surface area contributed by atoms with Crippen molar-refractivity contribution in [3.05, 3.63) is 39.9 Å². The first kappa shape index (κ1) is 21.0. The fourth-order valence-electron chi connectivity index (χ4n) is 2.38. The molecule has 8 nitrogen and oxygen atoms in total. The molecule has 0 radical (unpaired) electrons. The molecule has 0 spiro atoms. The van der Waals surface area contributed by atoms with Crippen LogP contribution >= 0.6 is 0 Å². The fourth-order valence-corrected chi connectivity index (χ4v) is 2.38. The van der Waals surface area contributed by atoms with Gasteiger partial charge in [0, 0.05) is 32.9 Å². The third-order valence-electron chi connectivity index (χ3n) is 3.95. The number of esters is 1. The third-order valence-corrected chi connectivity index (χ3v) is 3.95. The van der Waals surface area contributed by atoms with Gasteiger partial charge in [-0.15, -0.1) is 0 Å². The van der Waals surface area contributed by atoms with Gasteiger partial charge in [0.05, 0.1) is 17.1 Å². The number of ether oxygens (including phenoxy) is 3. The Labute approximate surface area is 147 Å². The van der Waals surface area contributed by atoms with Crippen molar-refractivity contribution in [2.45, 2.75) is 26.1 Å². The zero-order chi connectivity index (χ0) is 18.8. The minimum atomic E-state index is -0.551. The number of carbonyl (C=O) groups is 1. The first-order valence-corrected chi connectivity index (χ1v) is 8.16. The average Bonchev–Trinajstić information content (AvgIpc) is 2.63. The van der Waals surface area contributed by atoms with Crippen LogP contribution in [0.2, 0.25) is 0 Å². The number of methoxy groups -OCH3 is 2. The Morgan fingerprint density at radius 3 is 2.20 bits per heavy atom. The molecule has 1 rings (SSSR count). The predicted octanol–water partition coefficient (Wildman–Crippen LogP) is 2.12. The van der Waals surface area contributed by atoms with Gasteiger partial charge in [-0.25, -0.2) is 4.79 Å². The second-order valence-electron chi connectivity index (χ2n) is 5.46. The van der Waals surface area contributed by atoms with E-state index in [0.717, 1.165) is 13.1 Å². The van der Waals surface area contributed by atoms with E-state index in [0.29, 0.717) is 6.54 Å². The summed E-state index contributed by atoms with van der Waals surface area (Å²) in [6.45, 7) is 6.47. The minimum absolute atomic E-state index is 0.0783. The van der Waals surface area contributed by atoms with Gasteiger partial charge in [0.1, 0.15) is 12.2 Å². The number of likely N-dealkylation sites (N-methyl/N-ethyl adjacent to an activating group) is 1. The predicted molar refractivity (Wildman–Crippen MR) is 92.8 cm³/mol. The Hall–Kier alpha value is -2.03. The minimum Gasteiger partial charge on any atom is -0.455 e. The van der Waals surface area contributed by atoms with Gasteiger partial charge < -0.3 is 19.1 Å². The van der Waals surface area contributed by atoms with Gasteiger partial charge in [0.15, 0.2) is 0 Å². The molecule has 0 unspecified atom stereocenters. The maximum absolute atomic E-state index is 12.4. The van der Waals surface area contributed by atoms with Crippen molar-refractivity contribution in [2.24, 2.45) is 0 Å². The lowest BCUT2D eigenvalue weighted by Gasteiger charge is -2.30. The number of hydrogen-bond donors (Lipinski definition) is 0. The number of nitro benzene ring substituents is 1. The van der Waals surface area contributed by atoms with Crippen molar-refractivity contribution >= 4 is 11.7 Å². The molecule has 0 bridgehead atoms. The number of hydrogen-bond acceptors (Lipinski definition) is 7. The highest BCUT2D eigenvalue weighted by Gasteiger charge is 2.27. The van der Waals surface area contributed by atoms with Gasteiger partial charge in [0.2, 0.25) is 0 Å². The summed E-state index contributed by atoms with van der Waals surface area (Å²) >= 11 is 0. The molecular weight excluding hydrogens is 328 g/mol. The molecule has 140 valence electrons. The summed E-state index contributed by atoms with van der Waals surface area (Å²) in [5, 5.41) is 10.7. The molecule has 25 heavy (non-hydrogen) atoms. The lowest BCUT2D eigenvalue weighted by Crippen LogP contribution is -2.44. The van der Waals surface area contributed by atoms with E-state index in [4.69, 9.17) is 14.2 Å². The lowest BCUT2D eigenvalue weighted by molar-refractivity contribution is -0.384. The van der Waals surface area contributed by atoms with Crippen LogP contribution in [0.3, 0.4) is 0 Å². The quantitative estimate of drug-likeness (QED) is 0.341. The molecule has 8 heteroatoms. The molecule has 1 aromatic rings. The molecule has 0 saturated heterocycles. The summed E-state index contributed by atoms with van der Waals surface area (Å²) in [6, 6.07) is 5.32. The maximum atomic E-state index is 12.4. The van der Waals surface area contributed by atoms with Gasteiger partial charge in [-0.3, -0.25) is 10.1 Å². The van der Waals surface area contributed by atoms with Crippen LogP contribution in [0.25, 0.3) is 0 Å². The smallest absolute Gasteiger partial charge is 0.338 e. The second kappa shape index (κ2) is 10.8. The van der Waals surface area contributed by atoms with Gasteiger partial charge in [-0.05, 0) is 25.2 Å². The molecule has 0 aliphatic heterocycles. The lowest BCUT2D eigenvalue weighted by atomic mass is 10.1. The summed E-state index contributed by atoms with van der Waals surface area (Å²) in [5.74, 6) is -0.551. The molecule has 0 saturated carbocycles. The zero-order valence-electron chi connectivity index (χ0n) is 15.1. The Morgan fingerprint density at radius 1 is 1.16 bits per heavy atom. The van der Waals surface area contributed by atoms with E-state index < -0.39 is 23.1 Å². The van der Waals surface area contributed by atoms with Gasteiger partial charge >= 0.3 is 5.97 Å².